The third-order valence-electron chi connectivity index (χ3n) is 1.40. The van der Waals surface area contributed by atoms with Gasteiger partial charge < -0.3 is 9.47 Å². The number of benzene rings is 1. The second kappa shape index (κ2) is 4.85. The molecule has 0 fully saturated rings. The van der Waals surface area contributed by atoms with Crippen LogP contribution in [0, 0.1) is 11.3 Å². The smallest absolute Gasteiger partial charge is 0.188 e. The highest BCUT2D eigenvalue weighted by Gasteiger charge is 2.00. The molecule has 0 bridgehead atoms. The molecule has 0 aliphatic heterocycles. The van der Waals surface area contributed by atoms with E-state index >= 15 is 0 Å². The molecule has 0 saturated heterocycles. The first-order valence-corrected chi connectivity index (χ1v) is 4.38. The fraction of sp³-hybridized carbons (Fsp3) is 0.222. The summed E-state index contributed by atoms with van der Waals surface area (Å²) >= 11 is 3.25. The first-order chi connectivity index (χ1) is 6.27. The van der Waals surface area contributed by atoms with Crippen molar-refractivity contribution in [2.75, 3.05) is 13.9 Å². The summed E-state index contributed by atoms with van der Waals surface area (Å²) in [5.74, 6) is 0.626. The average molecular weight is 242 g/mol. The molecule has 0 aliphatic carbocycles. The highest BCUT2D eigenvalue weighted by atomic mass is 79.9. The first-order valence-electron chi connectivity index (χ1n) is 3.59. The van der Waals surface area contributed by atoms with Gasteiger partial charge in [0, 0.05) is 11.6 Å². The Hall–Kier alpha value is -1.05. The van der Waals surface area contributed by atoms with Gasteiger partial charge in [-0.25, -0.2) is 0 Å². The first kappa shape index (κ1) is 10.0. The Morgan fingerprint density at radius 2 is 2.31 bits per heavy atom. The highest BCUT2D eigenvalue weighted by Crippen LogP contribution is 2.21. The maximum absolute atomic E-state index is 8.70. The minimum atomic E-state index is 0.187. The third kappa shape index (κ3) is 2.72. The molecule has 0 atom stereocenters. The molecule has 0 aliphatic rings. The van der Waals surface area contributed by atoms with Gasteiger partial charge in [0.25, 0.3) is 0 Å². The summed E-state index contributed by atoms with van der Waals surface area (Å²) in [5.41, 5.74) is 0.550. The number of hydrogen-bond donors (Lipinski definition) is 0. The van der Waals surface area contributed by atoms with E-state index in [1.165, 1.54) is 0 Å². The summed E-state index contributed by atoms with van der Waals surface area (Å²) in [7, 11) is 1.55. The molecular formula is C9H8BrNO2. The molecule has 0 saturated carbocycles. The van der Waals surface area contributed by atoms with E-state index in [0.29, 0.717) is 11.3 Å². The minimum Gasteiger partial charge on any atom is -0.468 e. The van der Waals surface area contributed by atoms with E-state index in [2.05, 4.69) is 15.9 Å². The lowest BCUT2D eigenvalue weighted by molar-refractivity contribution is 0.0511. The van der Waals surface area contributed by atoms with Crippen molar-refractivity contribution in [1.82, 2.24) is 0 Å². The largest absolute Gasteiger partial charge is 0.468 e. The van der Waals surface area contributed by atoms with Crippen LogP contribution >= 0.6 is 15.9 Å². The number of nitriles is 1. The topological polar surface area (TPSA) is 42.2 Å². The highest BCUT2D eigenvalue weighted by molar-refractivity contribution is 9.10. The van der Waals surface area contributed by atoms with E-state index in [-0.39, 0.29) is 6.79 Å². The summed E-state index contributed by atoms with van der Waals surface area (Å²) in [5, 5.41) is 8.70. The van der Waals surface area contributed by atoms with Crippen LogP contribution in [0.1, 0.15) is 5.56 Å². The van der Waals surface area contributed by atoms with Crippen LogP contribution in [-0.2, 0) is 4.74 Å². The van der Waals surface area contributed by atoms with E-state index in [9.17, 15) is 0 Å². The van der Waals surface area contributed by atoms with Gasteiger partial charge in [-0.3, -0.25) is 0 Å². The molecular weight excluding hydrogens is 234 g/mol. The lowest BCUT2D eigenvalue weighted by Crippen LogP contribution is -1.98. The number of methoxy groups -OCH3 is 1. The fourth-order valence-corrected chi connectivity index (χ4v) is 1.14. The van der Waals surface area contributed by atoms with Gasteiger partial charge in [0.15, 0.2) is 6.79 Å². The number of ether oxygens (including phenoxy) is 2. The van der Waals surface area contributed by atoms with Crippen molar-refractivity contribution in [3.63, 3.8) is 0 Å². The molecule has 4 heteroatoms. The molecule has 0 heterocycles. The summed E-state index contributed by atoms with van der Waals surface area (Å²) in [6, 6.07) is 7.24. The lowest BCUT2D eigenvalue weighted by atomic mass is 10.2. The van der Waals surface area contributed by atoms with Crippen molar-refractivity contribution in [3.8, 4) is 11.8 Å². The van der Waals surface area contributed by atoms with Crippen LogP contribution in [0.4, 0.5) is 0 Å². The van der Waals surface area contributed by atoms with Gasteiger partial charge in [-0.05, 0) is 34.1 Å². The average Bonchev–Trinajstić information content (AvgIpc) is 2.16. The van der Waals surface area contributed by atoms with Gasteiger partial charge in [0.2, 0.25) is 0 Å². The predicted molar refractivity (Wildman–Crippen MR) is 51.4 cm³/mol. The van der Waals surface area contributed by atoms with Crippen LogP contribution in [0.5, 0.6) is 5.75 Å². The summed E-state index contributed by atoms with van der Waals surface area (Å²) < 4.78 is 10.7. The zero-order valence-corrected chi connectivity index (χ0v) is 8.67. The Labute approximate surface area is 85.0 Å². The van der Waals surface area contributed by atoms with Crippen molar-refractivity contribution in [2.24, 2.45) is 0 Å². The van der Waals surface area contributed by atoms with Crippen LogP contribution in [-0.4, -0.2) is 13.9 Å². The molecule has 0 radical (unpaired) electrons. The second-order valence-corrected chi connectivity index (χ2v) is 3.16. The Morgan fingerprint density at radius 1 is 1.54 bits per heavy atom. The molecule has 1 rings (SSSR count). The van der Waals surface area contributed by atoms with Crippen LogP contribution < -0.4 is 4.74 Å². The summed E-state index contributed by atoms with van der Waals surface area (Å²) in [6.45, 7) is 0.187. The maximum atomic E-state index is 8.70. The van der Waals surface area contributed by atoms with Gasteiger partial charge in [-0.1, -0.05) is 0 Å². The van der Waals surface area contributed by atoms with Gasteiger partial charge >= 0.3 is 0 Å². The zero-order chi connectivity index (χ0) is 9.68. The van der Waals surface area contributed by atoms with E-state index in [1.807, 2.05) is 6.07 Å². The number of nitrogens with zero attached hydrogens (tertiary/aromatic N) is 1. The van der Waals surface area contributed by atoms with Gasteiger partial charge in [0.05, 0.1) is 5.56 Å². The van der Waals surface area contributed by atoms with Gasteiger partial charge in [-0.2, -0.15) is 5.26 Å². The van der Waals surface area contributed by atoms with Gasteiger partial charge in [0.1, 0.15) is 11.8 Å². The summed E-state index contributed by atoms with van der Waals surface area (Å²) in [6.07, 6.45) is 0. The number of halogens is 1. The molecule has 1 aromatic rings. The number of rotatable bonds is 3. The van der Waals surface area contributed by atoms with Gasteiger partial charge in [-0.15, -0.1) is 0 Å². The van der Waals surface area contributed by atoms with E-state index in [0.717, 1.165) is 4.47 Å². The summed E-state index contributed by atoms with van der Waals surface area (Å²) in [4.78, 5) is 0. The standard InChI is InChI=1S/C9H8BrNO2/c1-12-6-13-8-2-3-9(10)7(4-8)5-11/h2-4H,6H2,1H3. The molecule has 0 spiro atoms. The molecule has 0 unspecified atom stereocenters. The lowest BCUT2D eigenvalue weighted by Gasteiger charge is -2.04. The van der Waals surface area contributed by atoms with E-state index < -0.39 is 0 Å². The Bertz CT molecular complexity index is 333. The van der Waals surface area contributed by atoms with Crippen LogP contribution in [0.3, 0.4) is 0 Å². The molecule has 3 nitrogen and oxygen atoms in total. The van der Waals surface area contributed by atoms with Crippen molar-refractivity contribution in [3.05, 3.63) is 28.2 Å². The number of hydrogen-bond acceptors (Lipinski definition) is 3. The molecule has 0 aromatic heterocycles. The predicted octanol–water partition coefficient (Wildman–Crippen LogP) is 2.30. The molecule has 0 N–H and O–H groups in total. The molecule has 0 amide bonds. The second-order valence-electron chi connectivity index (χ2n) is 2.30. The zero-order valence-electron chi connectivity index (χ0n) is 7.08. The van der Waals surface area contributed by atoms with E-state index in [4.69, 9.17) is 14.7 Å². The third-order valence-corrected chi connectivity index (χ3v) is 2.09. The maximum Gasteiger partial charge on any atom is 0.188 e. The van der Waals surface area contributed by atoms with Crippen molar-refractivity contribution in [1.29, 1.82) is 5.26 Å². The van der Waals surface area contributed by atoms with Crippen molar-refractivity contribution in [2.45, 2.75) is 0 Å². The Kier molecular flexibility index (Phi) is 3.74. The quantitative estimate of drug-likeness (QED) is 0.763. The Morgan fingerprint density at radius 3 is 2.92 bits per heavy atom. The van der Waals surface area contributed by atoms with Crippen LogP contribution in [0.15, 0.2) is 22.7 Å². The van der Waals surface area contributed by atoms with Crippen LogP contribution in [0.25, 0.3) is 0 Å². The van der Waals surface area contributed by atoms with Crippen molar-refractivity contribution >= 4 is 15.9 Å². The molecule has 13 heavy (non-hydrogen) atoms. The normalized spacial score (nSPS) is 9.31. The molecule has 1 aromatic carbocycles. The van der Waals surface area contributed by atoms with E-state index in [1.54, 1.807) is 25.3 Å². The SMILES string of the molecule is COCOc1ccc(Br)c(C#N)c1. The van der Waals surface area contributed by atoms with Crippen LogP contribution in [0.2, 0.25) is 0 Å². The fourth-order valence-electron chi connectivity index (χ4n) is 0.807. The van der Waals surface area contributed by atoms with Crippen molar-refractivity contribution < 1.29 is 9.47 Å². The molecule has 68 valence electrons. The monoisotopic (exact) mass is 241 g/mol. The minimum absolute atomic E-state index is 0.187. The Balaban J connectivity index is 2.82.